The van der Waals surface area contributed by atoms with Crippen LogP contribution < -0.4 is 0 Å². The van der Waals surface area contributed by atoms with Gasteiger partial charge in [0.25, 0.3) is 5.91 Å². The second-order valence-corrected chi connectivity index (χ2v) is 12.7. The number of methoxy groups -OCH3 is 1. The van der Waals surface area contributed by atoms with Gasteiger partial charge in [0.2, 0.25) is 0 Å². The summed E-state index contributed by atoms with van der Waals surface area (Å²) in [5.41, 5.74) is 0.347. The van der Waals surface area contributed by atoms with Crippen molar-refractivity contribution in [2.75, 3.05) is 26.8 Å². The molecule has 1 aromatic carbocycles. The van der Waals surface area contributed by atoms with Gasteiger partial charge in [-0.05, 0) is 49.1 Å². The van der Waals surface area contributed by atoms with Crippen LogP contribution in [0.5, 0.6) is 0 Å². The zero-order valence-electron chi connectivity index (χ0n) is 25.9. The number of halogens is 1. The van der Waals surface area contributed by atoms with Gasteiger partial charge in [-0.3, -0.25) is 4.79 Å². The molecule has 0 radical (unpaired) electrons. The van der Waals surface area contributed by atoms with E-state index in [4.69, 9.17) is 9.15 Å². The minimum Gasteiger partial charge on any atom is -0.465 e. The molecule has 43 heavy (non-hydrogen) atoms. The van der Waals surface area contributed by atoms with Crippen LogP contribution >= 0.6 is 0 Å². The second-order valence-electron chi connectivity index (χ2n) is 12.7. The highest BCUT2D eigenvalue weighted by atomic mass is 19.1. The number of unbranched alkanes of at least 4 members (excludes halogenated alkanes) is 1. The molecule has 2 aromatic heterocycles. The number of carboxylic acid groups (broad SMARTS) is 1. The largest absolute Gasteiger partial charge is 0.465 e. The maximum Gasteiger partial charge on any atom is 0.407 e. The molecule has 2 amide bonds. The van der Waals surface area contributed by atoms with Crippen molar-refractivity contribution in [1.29, 1.82) is 0 Å². The van der Waals surface area contributed by atoms with Gasteiger partial charge in [-0.2, -0.15) is 0 Å². The van der Waals surface area contributed by atoms with E-state index < -0.39 is 29.4 Å². The molecule has 3 heterocycles. The van der Waals surface area contributed by atoms with Crippen molar-refractivity contribution in [3.05, 3.63) is 59.8 Å². The minimum absolute atomic E-state index is 0.0697. The average molecular weight is 599 g/mol. The topological polar surface area (TPSA) is 127 Å². The number of carbonyl (C=O) groups is 2. The predicted molar refractivity (Wildman–Crippen MR) is 158 cm³/mol. The Morgan fingerprint density at radius 3 is 2.58 bits per heavy atom. The number of carbonyl (C=O) groups excluding carboxylic acids is 1. The van der Waals surface area contributed by atoms with Crippen LogP contribution in [0.1, 0.15) is 81.7 Å². The quantitative estimate of drug-likeness (QED) is 0.290. The summed E-state index contributed by atoms with van der Waals surface area (Å²) < 4.78 is 27.2. The van der Waals surface area contributed by atoms with E-state index in [0.29, 0.717) is 43.9 Å². The molecule has 3 aromatic rings. The molecular weight excluding hydrogens is 555 g/mol. The second kappa shape index (κ2) is 13.7. The molecule has 0 spiro atoms. The maximum absolute atomic E-state index is 14.9. The lowest BCUT2D eigenvalue weighted by atomic mass is 9.74. The summed E-state index contributed by atoms with van der Waals surface area (Å²) in [5, 5.41) is 19.0. The number of rotatable bonds is 11. The van der Waals surface area contributed by atoms with Crippen LogP contribution in [0.3, 0.4) is 0 Å². The lowest BCUT2D eigenvalue weighted by Crippen LogP contribution is -2.64. The molecule has 3 atom stereocenters. The lowest BCUT2D eigenvalue weighted by Gasteiger charge is -2.52. The fraction of sp³-hybridized carbons (Fsp3) is 0.581. The van der Waals surface area contributed by atoms with E-state index in [1.165, 1.54) is 22.0 Å². The Bertz CT molecular complexity index is 1370. The van der Waals surface area contributed by atoms with E-state index in [-0.39, 0.29) is 35.7 Å². The van der Waals surface area contributed by atoms with Gasteiger partial charge < -0.3 is 24.1 Å². The van der Waals surface area contributed by atoms with Crippen LogP contribution in [-0.4, -0.2) is 85.8 Å². The van der Waals surface area contributed by atoms with Crippen molar-refractivity contribution in [2.45, 2.75) is 78.3 Å². The van der Waals surface area contributed by atoms with E-state index in [0.717, 1.165) is 6.42 Å². The standard InChI is InChI=1S/C31H43FN6O5/c1-20(2)17-36(25-15-21(26-16-33-19-43-26)18-37(30(40)41)28(25)31(3,4)5)29(39)27-24(13-9-10-14-42-6)38(35-34-27)23-12-8-7-11-22(23)32/h7-8,11-12,16,19-21,25,28H,9-10,13-15,17-18H2,1-6H3,(H,40,41)/t21-,25+,28?/m1/s1. The van der Waals surface area contributed by atoms with E-state index in [1.807, 2.05) is 34.6 Å². The summed E-state index contributed by atoms with van der Waals surface area (Å²) in [5.74, 6) is -0.492. The number of likely N-dealkylation sites (tertiary alicyclic amines) is 1. The fourth-order valence-corrected chi connectivity index (χ4v) is 6.17. The summed E-state index contributed by atoms with van der Waals surface area (Å²) in [4.78, 5) is 34.6. The highest BCUT2D eigenvalue weighted by molar-refractivity contribution is 5.94. The van der Waals surface area contributed by atoms with Crippen LogP contribution in [0.2, 0.25) is 0 Å². The highest BCUT2D eigenvalue weighted by Crippen LogP contribution is 2.41. The third kappa shape index (κ3) is 7.23. The summed E-state index contributed by atoms with van der Waals surface area (Å²) in [7, 11) is 1.63. The molecule has 1 fully saturated rings. The van der Waals surface area contributed by atoms with Gasteiger partial charge in [0.1, 0.15) is 17.3 Å². The molecule has 1 saturated heterocycles. The normalized spacial score (nSPS) is 19.2. The Morgan fingerprint density at radius 1 is 1.23 bits per heavy atom. The minimum atomic E-state index is -1.06. The lowest BCUT2D eigenvalue weighted by molar-refractivity contribution is -0.0151. The van der Waals surface area contributed by atoms with Crippen molar-refractivity contribution in [1.82, 2.24) is 29.8 Å². The third-order valence-corrected chi connectivity index (χ3v) is 7.91. The SMILES string of the molecule is COCCCCc1c(C(=O)N(CC(C)C)[C@H]2C[C@@H](c3cnco3)CN(C(=O)O)C2C(C)(C)C)nnn1-c1ccccc1F. The molecule has 12 heteroatoms. The summed E-state index contributed by atoms with van der Waals surface area (Å²) in [6, 6.07) is 5.24. The van der Waals surface area contributed by atoms with Crippen molar-refractivity contribution >= 4 is 12.0 Å². The molecule has 0 bridgehead atoms. The number of hydrogen-bond donors (Lipinski definition) is 1. The molecule has 1 aliphatic rings. The zero-order chi connectivity index (χ0) is 31.3. The van der Waals surface area contributed by atoms with Gasteiger partial charge in [0.15, 0.2) is 12.1 Å². The number of amides is 2. The van der Waals surface area contributed by atoms with Gasteiger partial charge in [-0.25, -0.2) is 18.9 Å². The molecule has 234 valence electrons. The van der Waals surface area contributed by atoms with Crippen LogP contribution in [0.4, 0.5) is 9.18 Å². The van der Waals surface area contributed by atoms with Gasteiger partial charge in [0, 0.05) is 32.7 Å². The number of para-hydroxylation sites is 1. The van der Waals surface area contributed by atoms with Crippen molar-refractivity contribution in [2.24, 2.45) is 11.3 Å². The van der Waals surface area contributed by atoms with E-state index in [9.17, 15) is 19.1 Å². The van der Waals surface area contributed by atoms with Crippen molar-refractivity contribution in [3.8, 4) is 5.69 Å². The first-order valence-electron chi connectivity index (χ1n) is 14.8. The first kappa shape index (κ1) is 32.1. The summed E-state index contributed by atoms with van der Waals surface area (Å²) in [6.07, 6.45) is 4.19. The average Bonchev–Trinajstić information content (AvgIpc) is 3.63. The van der Waals surface area contributed by atoms with E-state index in [2.05, 4.69) is 15.3 Å². The van der Waals surface area contributed by atoms with Crippen molar-refractivity contribution in [3.63, 3.8) is 0 Å². The molecule has 0 aliphatic carbocycles. The van der Waals surface area contributed by atoms with Crippen LogP contribution in [-0.2, 0) is 11.2 Å². The number of oxazole rings is 1. The molecule has 1 aliphatic heterocycles. The Labute approximate surface area is 252 Å². The van der Waals surface area contributed by atoms with Gasteiger partial charge in [0.05, 0.1) is 24.0 Å². The number of benzene rings is 1. The van der Waals surface area contributed by atoms with Crippen LogP contribution in [0.25, 0.3) is 5.69 Å². The molecular formula is C31H43FN6O5. The van der Waals surface area contributed by atoms with Gasteiger partial charge in [-0.1, -0.05) is 52.0 Å². The fourth-order valence-electron chi connectivity index (χ4n) is 6.17. The van der Waals surface area contributed by atoms with E-state index >= 15 is 0 Å². The number of nitrogens with zero attached hydrogens (tertiary/aromatic N) is 6. The first-order valence-corrected chi connectivity index (χ1v) is 14.8. The summed E-state index contributed by atoms with van der Waals surface area (Å²) >= 11 is 0. The first-order chi connectivity index (χ1) is 20.4. The predicted octanol–water partition coefficient (Wildman–Crippen LogP) is 5.41. The Kier molecular flexibility index (Phi) is 10.2. The molecule has 1 N–H and O–H groups in total. The molecule has 1 unspecified atom stereocenters. The molecule has 0 saturated carbocycles. The molecule has 4 rings (SSSR count). The zero-order valence-corrected chi connectivity index (χ0v) is 25.9. The molecule has 11 nitrogen and oxygen atoms in total. The highest BCUT2D eigenvalue weighted by Gasteiger charge is 2.49. The monoisotopic (exact) mass is 598 g/mol. The van der Waals surface area contributed by atoms with Crippen LogP contribution in [0.15, 0.2) is 41.3 Å². The number of ether oxygens (including phenoxy) is 1. The Hall–Kier alpha value is -3.80. The number of aromatic nitrogens is 4. The summed E-state index contributed by atoms with van der Waals surface area (Å²) in [6.45, 7) is 11.1. The van der Waals surface area contributed by atoms with E-state index in [1.54, 1.807) is 36.4 Å². The number of hydrogen-bond acceptors (Lipinski definition) is 7. The number of piperidine rings is 1. The van der Waals surface area contributed by atoms with Gasteiger partial charge in [-0.15, -0.1) is 5.10 Å². The maximum atomic E-state index is 14.9. The van der Waals surface area contributed by atoms with Crippen molar-refractivity contribution < 1.29 is 28.2 Å². The van der Waals surface area contributed by atoms with Gasteiger partial charge >= 0.3 is 6.09 Å². The Balaban J connectivity index is 1.82. The smallest absolute Gasteiger partial charge is 0.407 e. The Morgan fingerprint density at radius 2 is 1.98 bits per heavy atom. The van der Waals surface area contributed by atoms with Crippen LogP contribution in [0, 0.1) is 17.2 Å². The third-order valence-electron chi connectivity index (χ3n) is 7.91.